The fourth-order valence-corrected chi connectivity index (χ4v) is 5.18. The van der Waals surface area contributed by atoms with Gasteiger partial charge in [-0.1, -0.05) is 36.4 Å². The van der Waals surface area contributed by atoms with Gasteiger partial charge < -0.3 is 10.4 Å². The molecule has 4 heterocycles. The molecule has 1 fully saturated rings. The molecule has 1 saturated heterocycles. The van der Waals surface area contributed by atoms with Gasteiger partial charge in [0.15, 0.2) is 0 Å². The number of hydrogen-bond acceptors (Lipinski definition) is 7. The average Bonchev–Trinajstić information content (AvgIpc) is 3.21. The highest BCUT2D eigenvalue weighted by Gasteiger charge is 2.36. The van der Waals surface area contributed by atoms with Gasteiger partial charge in [0.05, 0.1) is 30.1 Å². The van der Waals surface area contributed by atoms with Gasteiger partial charge in [-0.05, 0) is 42.3 Å². The molecule has 6 rings (SSSR count). The minimum atomic E-state index is -0.307. The van der Waals surface area contributed by atoms with Crippen molar-refractivity contribution in [2.75, 3.05) is 19.7 Å². The van der Waals surface area contributed by atoms with Gasteiger partial charge in [0.2, 0.25) is 0 Å². The van der Waals surface area contributed by atoms with E-state index in [1.54, 1.807) is 4.68 Å². The summed E-state index contributed by atoms with van der Waals surface area (Å²) in [5, 5.41) is 26.4. The number of aliphatic hydroxyl groups is 1. The van der Waals surface area contributed by atoms with Crippen molar-refractivity contribution in [2.45, 2.75) is 38.0 Å². The summed E-state index contributed by atoms with van der Waals surface area (Å²) in [6, 6.07) is 14.4. The Hall–Kier alpha value is -3.40. The van der Waals surface area contributed by atoms with E-state index < -0.39 is 0 Å². The first-order valence-corrected chi connectivity index (χ1v) is 11.8. The van der Waals surface area contributed by atoms with Crippen molar-refractivity contribution in [1.29, 1.82) is 0 Å². The number of benzene rings is 2. The highest BCUT2D eigenvalue weighted by Crippen LogP contribution is 2.40. The molecule has 2 aromatic carbocycles. The van der Waals surface area contributed by atoms with Crippen LogP contribution >= 0.6 is 0 Å². The van der Waals surface area contributed by atoms with Crippen molar-refractivity contribution in [3.63, 3.8) is 0 Å². The molecule has 0 saturated carbocycles. The highest BCUT2D eigenvalue weighted by molar-refractivity contribution is 5.88. The van der Waals surface area contributed by atoms with Crippen molar-refractivity contribution in [1.82, 2.24) is 35.2 Å². The predicted molar refractivity (Wildman–Crippen MR) is 127 cm³/mol. The van der Waals surface area contributed by atoms with Crippen LogP contribution in [0.25, 0.3) is 10.8 Å². The molecule has 2 atom stereocenters. The topological polar surface area (TPSA) is 112 Å². The van der Waals surface area contributed by atoms with Crippen molar-refractivity contribution in [3.8, 4) is 0 Å². The Labute approximate surface area is 196 Å². The van der Waals surface area contributed by atoms with Gasteiger partial charge in [-0.15, -0.1) is 0 Å². The van der Waals surface area contributed by atoms with Crippen LogP contribution in [0.1, 0.15) is 46.6 Å². The normalized spacial score (nSPS) is 20.3. The molecule has 0 amide bonds. The number of aliphatic hydroxyl groups excluding tert-OH is 1. The maximum Gasteiger partial charge on any atom is 0.272 e. The summed E-state index contributed by atoms with van der Waals surface area (Å²) in [5.74, 6) is 0.395. The van der Waals surface area contributed by atoms with Gasteiger partial charge in [0.25, 0.3) is 5.56 Å². The first kappa shape index (κ1) is 21.2. The molecule has 9 heteroatoms. The van der Waals surface area contributed by atoms with Crippen molar-refractivity contribution in [2.24, 2.45) is 0 Å². The van der Waals surface area contributed by atoms with Gasteiger partial charge in [-0.3, -0.25) is 9.69 Å². The highest BCUT2D eigenvalue weighted by atomic mass is 16.3. The van der Waals surface area contributed by atoms with E-state index in [1.165, 1.54) is 31.4 Å². The summed E-state index contributed by atoms with van der Waals surface area (Å²) in [4.78, 5) is 19.6. The molecule has 4 aromatic rings. The van der Waals surface area contributed by atoms with Gasteiger partial charge in [0, 0.05) is 24.5 Å². The molecule has 3 N–H and O–H groups in total. The van der Waals surface area contributed by atoms with E-state index in [1.807, 2.05) is 18.2 Å². The standard InChI is InChI=1S/C25H27N7O2/c33-12-11-32-24(27-15-28-32)21-22(17-7-5-16(6-8-17)14-31-9-2-10-31)26-13-18-3-1-4-19-20(18)23(21)29-30-25(19)34/h1,3-8,15,21-22,26,33H,2,9-14H2,(H,30,34). The Kier molecular flexibility index (Phi) is 5.44. The van der Waals surface area contributed by atoms with Gasteiger partial charge >= 0.3 is 0 Å². The van der Waals surface area contributed by atoms with Crippen LogP contribution in [0, 0.1) is 0 Å². The number of aromatic amines is 1. The van der Waals surface area contributed by atoms with E-state index in [4.69, 9.17) is 0 Å². The van der Waals surface area contributed by atoms with Crippen molar-refractivity contribution >= 4 is 10.8 Å². The third kappa shape index (κ3) is 3.62. The van der Waals surface area contributed by atoms with Crippen LogP contribution in [0.4, 0.5) is 0 Å². The lowest BCUT2D eigenvalue weighted by Crippen LogP contribution is -2.36. The molecule has 2 aliphatic rings. The monoisotopic (exact) mass is 457 g/mol. The van der Waals surface area contributed by atoms with E-state index in [0.717, 1.165) is 28.8 Å². The van der Waals surface area contributed by atoms with E-state index >= 15 is 0 Å². The zero-order valence-corrected chi connectivity index (χ0v) is 18.8. The number of H-pyrrole nitrogens is 1. The molecule has 2 aliphatic heterocycles. The molecule has 0 aliphatic carbocycles. The lowest BCUT2D eigenvalue weighted by Gasteiger charge is -2.31. The number of likely N-dealkylation sites (tertiary alicyclic amines) is 1. The zero-order valence-electron chi connectivity index (χ0n) is 18.8. The van der Waals surface area contributed by atoms with Crippen molar-refractivity contribution in [3.05, 3.63) is 87.4 Å². The Morgan fingerprint density at radius 1 is 1.12 bits per heavy atom. The lowest BCUT2D eigenvalue weighted by molar-refractivity contribution is 0.172. The predicted octanol–water partition coefficient (Wildman–Crippen LogP) is 1.69. The summed E-state index contributed by atoms with van der Waals surface area (Å²) in [5.41, 5.74) is 4.00. The van der Waals surface area contributed by atoms with Crippen LogP contribution in [-0.2, 0) is 19.6 Å². The first-order chi connectivity index (χ1) is 16.7. The maximum atomic E-state index is 12.6. The third-order valence-corrected chi connectivity index (χ3v) is 7.00. The smallest absolute Gasteiger partial charge is 0.272 e. The number of nitrogens with one attached hydrogen (secondary N) is 2. The van der Waals surface area contributed by atoms with E-state index in [9.17, 15) is 9.90 Å². The largest absolute Gasteiger partial charge is 0.394 e. The lowest BCUT2D eigenvalue weighted by atomic mass is 9.87. The van der Waals surface area contributed by atoms with E-state index in [2.05, 4.69) is 54.8 Å². The zero-order chi connectivity index (χ0) is 23.1. The molecular formula is C25H27N7O2. The third-order valence-electron chi connectivity index (χ3n) is 7.00. The molecule has 0 spiro atoms. The van der Waals surface area contributed by atoms with Crippen molar-refractivity contribution < 1.29 is 5.11 Å². The van der Waals surface area contributed by atoms with Gasteiger partial charge in [-0.25, -0.2) is 14.8 Å². The van der Waals surface area contributed by atoms with E-state index in [-0.39, 0.29) is 24.1 Å². The Morgan fingerprint density at radius 2 is 1.97 bits per heavy atom. The maximum absolute atomic E-state index is 12.6. The molecular weight excluding hydrogens is 430 g/mol. The second kappa shape index (κ2) is 8.75. The minimum absolute atomic E-state index is 0.0442. The number of hydrogen-bond donors (Lipinski definition) is 3. The molecule has 34 heavy (non-hydrogen) atoms. The Balaban J connectivity index is 1.49. The van der Waals surface area contributed by atoms with Crippen LogP contribution in [0.5, 0.6) is 0 Å². The Morgan fingerprint density at radius 3 is 2.74 bits per heavy atom. The summed E-state index contributed by atoms with van der Waals surface area (Å²) in [6.45, 7) is 4.20. The molecule has 2 aromatic heterocycles. The quantitative estimate of drug-likeness (QED) is 0.404. The van der Waals surface area contributed by atoms with Gasteiger partial charge in [-0.2, -0.15) is 10.2 Å². The fraction of sp³-hybridized carbons (Fsp3) is 0.360. The Bertz CT molecular complexity index is 1370. The van der Waals surface area contributed by atoms with Crippen LogP contribution in [0.2, 0.25) is 0 Å². The number of aromatic nitrogens is 5. The SMILES string of the molecule is O=c1[nH]nc2c3c(cccc13)CNC(c1ccc(CN3CCC3)cc1)C2c1ncnn1CCO. The van der Waals surface area contributed by atoms with E-state index in [0.29, 0.717) is 24.3 Å². The molecule has 0 radical (unpaired) electrons. The summed E-state index contributed by atoms with van der Waals surface area (Å²) in [7, 11) is 0. The molecule has 0 bridgehead atoms. The number of rotatable bonds is 6. The molecule has 2 unspecified atom stereocenters. The van der Waals surface area contributed by atoms with Crippen LogP contribution in [0.15, 0.2) is 53.6 Å². The second-order valence-corrected chi connectivity index (χ2v) is 9.05. The molecule has 9 nitrogen and oxygen atoms in total. The molecule has 174 valence electrons. The van der Waals surface area contributed by atoms with Crippen LogP contribution < -0.4 is 10.9 Å². The minimum Gasteiger partial charge on any atom is -0.394 e. The second-order valence-electron chi connectivity index (χ2n) is 9.05. The fourth-order valence-electron chi connectivity index (χ4n) is 5.18. The first-order valence-electron chi connectivity index (χ1n) is 11.8. The summed E-state index contributed by atoms with van der Waals surface area (Å²) in [6.07, 6.45) is 2.79. The average molecular weight is 458 g/mol. The number of nitrogens with zero attached hydrogens (tertiary/aromatic N) is 5. The summed E-state index contributed by atoms with van der Waals surface area (Å²) < 4.78 is 1.73. The van der Waals surface area contributed by atoms with Gasteiger partial charge in [0.1, 0.15) is 12.2 Å². The van der Waals surface area contributed by atoms with Crippen LogP contribution in [0.3, 0.4) is 0 Å². The van der Waals surface area contributed by atoms with Crippen LogP contribution in [-0.4, -0.2) is 54.7 Å². The summed E-state index contributed by atoms with van der Waals surface area (Å²) >= 11 is 0.